The maximum absolute atomic E-state index is 13.0. The van der Waals surface area contributed by atoms with Crippen LogP contribution in [0.3, 0.4) is 0 Å². The van der Waals surface area contributed by atoms with Crippen molar-refractivity contribution in [3.05, 3.63) is 59.4 Å². The molecule has 1 amide bonds. The minimum absolute atomic E-state index is 0.00676. The first-order chi connectivity index (χ1) is 14.5. The van der Waals surface area contributed by atoms with Crippen LogP contribution in [-0.2, 0) is 9.59 Å². The quantitative estimate of drug-likeness (QED) is 0.309. The number of ether oxygens (including phenoxy) is 2. The van der Waals surface area contributed by atoms with E-state index in [4.69, 9.17) is 9.47 Å². The molecule has 0 radical (unpaired) electrons. The molecular weight excluding hydrogens is 384 g/mol. The number of pyridine rings is 1. The summed E-state index contributed by atoms with van der Waals surface area (Å²) in [5, 5.41) is 11.3. The fourth-order valence-electron chi connectivity index (χ4n) is 3.75. The van der Waals surface area contributed by atoms with Crippen LogP contribution < -0.4 is 9.47 Å². The Morgan fingerprint density at radius 2 is 1.80 bits per heavy atom. The van der Waals surface area contributed by atoms with E-state index in [0.29, 0.717) is 23.6 Å². The lowest BCUT2D eigenvalue weighted by Crippen LogP contribution is -2.30. The van der Waals surface area contributed by atoms with Crippen LogP contribution in [0.2, 0.25) is 0 Å². The number of rotatable bonds is 8. The van der Waals surface area contributed by atoms with Gasteiger partial charge in [0.15, 0.2) is 0 Å². The van der Waals surface area contributed by atoms with Crippen LogP contribution in [0.4, 0.5) is 0 Å². The second-order valence-electron chi connectivity index (χ2n) is 7.02. The lowest BCUT2D eigenvalue weighted by Gasteiger charge is -2.25. The summed E-state index contributed by atoms with van der Waals surface area (Å²) in [5.74, 6) is -1.00. The number of nitrogens with zero attached hydrogens (tertiary/aromatic N) is 2. The molecule has 1 unspecified atom stereocenters. The van der Waals surface area contributed by atoms with Crippen molar-refractivity contribution in [2.75, 3.05) is 20.8 Å². The Kier molecular flexibility index (Phi) is 6.72. The summed E-state index contributed by atoms with van der Waals surface area (Å²) in [6.45, 7) is 2.48. The zero-order valence-electron chi connectivity index (χ0n) is 17.4. The van der Waals surface area contributed by atoms with Gasteiger partial charge in [0.2, 0.25) is 0 Å². The number of aromatic nitrogens is 1. The first-order valence-electron chi connectivity index (χ1n) is 9.94. The van der Waals surface area contributed by atoms with Crippen molar-refractivity contribution in [3.63, 3.8) is 0 Å². The molecule has 1 aromatic heterocycles. The van der Waals surface area contributed by atoms with Gasteiger partial charge in [-0.3, -0.25) is 14.6 Å². The SMILES string of the molecule is CCCCCN1C(=O)C(=O)/C(=C(/O)c2c(OC)cccc2OC)C1c1cccnc1. The van der Waals surface area contributed by atoms with Gasteiger partial charge in [0, 0.05) is 18.9 Å². The minimum Gasteiger partial charge on any atom is -0.506 e. The molecule has 1 aliphatic rings. The summed E-state index contributed by atoms with van der Waals surface area (Å²) < 4.78 is 10.8. The molecule has 0 spiro atoms. The van der Waals surface area contributed by atoms with Crippen molar-refractivity contribution >= 4 is 17.4 Å². The maximum Gasteiger partial charge on any atom is 0.295 e. The Hall–Kier alpha value is -3.35. The minimum atomic E-state index is -0.731. The molecule has 2 heterocycles. The number of unbranched alkanes of at least 4 members (excludes halogenated alkanes) is 2. The largest absolute Gasteiger partial charge is 0.506 e. The number of Topliss-reactive ketones (excluding diaryl/α,β-unsaturated/α-hetero) is 1. The van der Waals surface area contributed by atoms with Crippen molar-refractivity contribution in [1.29, 1.82) is 0 Å². The van der Waals surface area contributed by atoms with E-state index < -0.39 is 17.7 Å². The Morgan fingerprint density at radius 3 is 2.37 bits per heavy atom. The lowest BCUT2D eigenvalue weighted by molar-refractivity contribution is -0.139. The number of amides is 1. The topological polar surface area (TPSA) is 89.0 Å². The van der Waals surface area contributed by atoms with Crippen molar-refractivity contribution < 1.29 is 24.2 Å². The Balaban J connectivity index is 2.20. The number of benzene rings is 1. The number of hydrogen-bond donors (Lipinski definition) is 1. The van der Waals surface area contributed by atoms with Crippen LogP contribution in [0.25, 0.3) is 5.76 Å². The maximum atomic E-state index is 13.0. The van der Waals surface area contributed by atoms with Crippen molar-refractivity contribution in [2.24, 2.45) is 0 Å². The molecule has 3 rings (SSSR count). The molecule has 7 heteroatoms. The molecular formula is C23H26N2O5. The van der Waals surface area contributed by atoms with Crippen LogP contribution in [0.5, 0.6) is 11.5 Å². The van der Waals surface area contributed by atoms with E-state index in [1.165, 1.54) is 19.1 Å². The Bertz CT molecular complexity index is 933. The molecule has 158 valence electrons. The van der Waals surface area contributed by atoms with Gasteiger partial charge < -0.3 is 19.5 Å². The van der Waals surface area contributed by atoms with Crippen LogP contribution in [0, 0.1) is 0 Å². The van der Waals surface area contributed by atoms with Gasteiger partial charge in [0.1, 0.15) is 22.8 Å². The van der Waals surface area contributed by atoms with Crippen LogP contribution >= 0.6 is 0 Å². The van der Waals surface area contributed by atoms with E-state index in [-0.39, 0.29) is 16.9 Å². The molecule has 0 bridgehead atoms. The van der Waals surface area contributed by atoms with Gasteiger partial charge >= 0.3 is 0 Å². The average molecular weight is 410 g/mol. The van der Waals surface area contributed by atoms with Gasteiger partial charge in [-0.15, -0.1) is 0 Å². The number of aliphatic hydroxyl groups excluding tert-OH is 1. The van der Waals surface area contributed by atoms with E-state index in [9.17, 15) is 14.7 Å². The normalized spacial score (nSPS) is 18.0. The van der Waals surface area contributed by atoms with Gasteiger partial charge in [0.25, 0.3) is 11.7 Å². The summed E-state index contributed by atoms with van der Waals surface area (Å²) in [5.41, 5.74) is 0.902. The molecule has 1 fully saturated rings. The molecule has 0 aliphatic carbocycles. The molecule has 1 N–H and O–H groups in total. The zero-order valence-corrected chi connectivity index (χ0v) is 17.4. The number of aliphatic hydroxyl groups is 1. The Labute approximate surface area is 175 Å². The highest BCUT2D eigenvalue weighted by Crippen LogP contribution is 2.43. The molecule has 1 aliphatic heterocycles. The number of carbonyl (C=O) groups is 2. The first-order valence-corrected chi connectivity index (χ1v) is 9.94. The van der Waals surface area contributed by atoms with E-state index in [0.717, 1.165) is 19.3 Å². The summed E-state index contributed by atoms with van der Waals surface area (Å²) in [7, 11) is 2.93. The first kappa shape index (κ1) is 21.4. The van der Waals surface area contributed by atoms with Crippen LogP contribution in [0.1, 0.15) is 43.4 Å². The van der Waals surface area contributed by atoms with Crippen molar-refractivity contribution in [2.45, 2.75) is 32.2 Å². The predicted octanol–water partition coefficient (Wildman–Crippen LogP) is 3.71. The van der Waals surface area contributed by atoms with E-state index in [1.807, 2.05) is 0 Å². The molecule has 1 aromatic carbocycles. The standard InChI is InChI=1S/C23H26N2O5/c1-4-5-6-13-25-20(15-9-8-12-24-14-15)19(22(27)23(25)28)21(26)18-16(29-2)10-7-11-17(18)30-3/h7-12,14,20,26H,4-6,13H2,1-3H3/b21-19+. The highest BCUT2D eigenvalue weighted by atomic mass is 16.5. The third-order valence-corrected chi connectivity index (χ3v) is 5.21. The summed E-state index contributed by atoms with van der Waals surface area (Å²) in [6, 6.07) is 7.84. The monoisotopic (exact) mass is 410 g/mol. The number of hydrogen-bond acceptors (Lipinski definition) is 6. The van der Waals surface area contributed by atoms with Crippen molar-refractivity contribution in [1.82, 2.24) is 9.88 Å². The highest BCUT2D eigenvalue weighted by molar-refractivity contribution is 6.46. The second kappa shape index (κ2) is 9.43. The van der Waals surface area contributed by atoms with E-state index in [1.54, 1.807) is 42.7 Å². The summed E-state index contributed by atoms with van der Waals surface area (Å²) >= 11 is 0. The predicted molar refractivity (Wildman–Crippen MR) is 112 cm³/mol. The van der Waals surface area contributed by atoms with Gasteiger partial charge in [-0.1, -0.05) is 31.9 Å². The lowest BCUT2D eigenvalue weighted by atomic mass is 9.95. The highest BCUT2D eigenvalue weighted by Gasteiger charge is 2.46. The molecule has 1 atom stereocenters. The summed E-state index contributed by atoms with van der Waals surface area (Å²) in [4.78, 5) is 31.6. The van der Waals surface area contributed by atoms with Crippen LogP contribution in [-0.4, -0.2) is 47.4 Å². The van der Waals surface area contributed by atoms with Crippen molar-refractivity contribution in [3.8, 4) is 11.5 Å². The smallest absolute Gasteiger partial charge is 0.295 e. The fraction of sp³-hybridized carbons (Fsp3) is 0.348. The zero-order chi connectivity index (χ0) is 21.7. The number of likely N-dealkylation sites (tertiary alicyclic amines) is 1. The van der Waals surface area contributed by atoms with Gasteiger partial charge in [-0.2, -0.15) is 0 Å². The number of methoxy groups -OCH3 is 2. The molecule has 7 nitrogen and oxygen atoms in total. The number of carbonyl (C=O) groups excluding carboxylic acids is 2. The van der Waals surface area contributed by atoms with Gasteiger partial charge in [-0.05, 0) is 30.2 Å². The molecule has 1 saturated heterocycles. The summed E-state index contributed by atoms with van der Waals surface area (Å²) in [6.07, 6.45) is 5.91. The third kappa shape index (κ3) is 3.87. The second-order valence-corrected chi connectivity index (χ2v) is 7.02. The number of ketones is 1. The molecule has 0 saturated carbocycles. The van der Waals surface area contributed by atoms with Gasteiger partial charge in [0.05, 0.1) is 25.8 Å². The van der Waals surface area contributed by atoms with Crippen LogP contribution in [0.15, 0.2) is 48.3 Å². The van der Waals surface area contributed by atoms with E-state index >= 15 is 0 Å². The fourth-order valence-corrected chi connectivity index (χ4v) is 3.75. The van der Waals surface area contributed by atoms with E-state index in [2.05, 4.69) is 11.9 Å². The third-order valence-electron chi connectivity index (χ3n) is 5.21. The van der Waals surface area contributed by atoms with Gasteiger partial charge in [-0.25, -0.2) is 0 Å². The Morgan fingerprint density at radius 1 is 1.10 bits per heavy atom. The molecule has 30 heavy (non-hydrogen) atoms. The molecule has 2 aromatic rings. The average Bonchev–Trinajstić information content (AvgIpc) is 3.03.